The third-order valence-corrected chi connectivity index (χ3v) is 2.37. The van der Waals surface area contributed by atoms with Gasteiger partial charge < -0.3 is 9.64 Å². The van der Waals surface area contributed by atoms with E-state index >= 15 is 0 Å². The van der Waals surface area contributed by atoms with Gasteiger partial charge in [0.2, 0.25) is 5.91 Å². The summed E-state index contributed by atoms with van der Waals surface area (Å²) in [5.74, 6) is 0.158. The second kappa shape index (κ2) is 5.35. The van der Waals surface area contributed by atoms with Gasteiger partial charge in [-0.25, -0.2) is 0 Å². The minimum atomic E-state index is -0.147. The maximum Gasteiger partial charge on any atom is 0.226 e. The normalized spacial score (nSPS) is 11.9. The van der Waals surface area contributed by atoms with Crippen LogP contribution in [0.25, 0.3) is 0 Å². The first-order chi connectivity index (χ1) is 6.30. The molecular weight excluding hydrogens is 178 g/mol. The maximum absolute atomic E-state index is 11.5. The fourth-order valence-corrected chi connectivity index (χ4v) is 0.878. The van der Waals surface area contributed by atoms with E-state index in [1.54, 1.807) is 11.9 Å². The Labute approximate surface area is 87.4 Å². The van der Waals surface area contributed by atoms with E-state index in [1.165, 1.54) is 0 Å². The first kappa shape index (κ1) is 13.4. The molecule has 3 heteroatoms. The Hall–Kier alpha value is -0.570. The molecule has 84 valence electrons. The lowest BCUT2D eigenvalue weighted by molar-refractivity contribution is -0.144. The Morgan fingerprint density at radius 3 is 2.29 bits per heavy atom. The molecular formula is C11H23NO2. The van der Waals surface area contributed by atoms with Crippen molar-refractivity contribution in [3.63, 3.8) is 0 Å². The predicted octanol–water partition coefficient (Wildman–Crippen LogP) is 2.26. The fourth-order valence-electron chi connectivity index (χ4n) is 0.878. The molecule has 0 aliphatic carbocycles. The molecule has 0 saturated carbocycles. The molecule has 1 amide bonds. The van der Waals surface area contributed by atoms with E-state index in [2.05, 4.69) is 6.92 Å². The van der Waals surface area contributed by atoms with Crippen LogP contribution >= 0.6 is 0 Å². The summed E-state index contributed by atoms with van der Waals surface area (Å²) in [6.45, 7) is 10.3. The zero-order chi connectivity index (χ0) is 11.4. The van der Waals surface area contributed by atoms with Crippen molar-refractivity contribution in [2.45, 2.75) is 46.6 Å². The van der Waals surface area contributed by atoms with Gasteiger partial charge in [-0.15, -0.1) is 0 Å². The van der Waals surface area contributed by atoms with Gasteiger partial charge in [0.15, 0.2) is 0 Å². The van der Waals surface area contributed by atoms with Crippen molar-refractivity contribution in [2.75, 3.05) is 13.8 Å². The maximum atomic E-state index is 11.5. The fraction of sp³-hybridized carbons (Fsp3) is 0.909. The van der Waals surface area contributed by atoms with Crippen molar-refractivity contribution >= 4 is 5.91 Å². The molecule has 0 N–H and O–H groups in total. The van der Waals surface area contributed by atoms with Crippen LogP contribution in [0.5, 0.6) is 0 Å². The van der Waals surface area contributed by atoms with E-state index in [1.807, 2.05) is 27.7 Å². The highest BCUT2D eigenvalue weighted by atomic mass is 16.5. The van der Waals surface area contributed by atoms with Crippen molar-refractivity contribution in [3.8, 4) is 0 Å². The Kier molecular flexibility index (Phi) is 5.13. The molecule has 0 unspecified atom stereocenters. The molecule has 0 aromatic rings. The van der Waals surface area contributed by atoms with Crippen LogP contribution in [0.3, 0.4) is 0 Å². The third kappa shape index (κ3) is 4.61. The van der Waals surface area contributed by atoms with Gasteiger partial charge in [0.1, 0.15) is 6.73 Å². The van der Waals surface area contributed by atoms with Crippen molar-refractivity contribution in [2.24, 2.45) is 5.92 Å². The molecule has 0 rings (SSSR count). The van der Waals surface area contributed by atoms with Crippen molar-refractivity contribution in [1.82, 2.24) is 4.90 Å². The van der Waals surface area contributed by atoms with E-state index in [9.17, 15) is 4.79 Å². The van der Waals surface area contributed by atoms with Crippen LogP contribution in [-0.4, -0.2) is 30.2 Å². The van der Waals surface area contributed by atoms with E-state index in [4.69, 9.17) is 4.74 Å². The summed E-state index contributed by atoms with van der Waals surface area (Å²) in [5, 5.41) is 0. The number of carbonyl (C=O) groups excluding carboxylic acids is 1. The lowest BCUT2D eigenvalue weighted by Gasteiger charge is -2.28. The van der Waals surface area contributed by atoms with Crippen LogP contribution in [0.4, 0.5) is 0 Å². The number of hydrogen-bond acceptors (Lipinski definition) is 2. The summed E-state index contributed by atoms with van der Waals surface area (Å²) >= 11 is 0. The van der Waals surface area contributed by atoms with Crippen LogP contribution < -0.4 is 0 Å². The SMILES string of the molecule is CCC(C)(C)OCN(C)C(=O)C(C)C. The Morgan fingerprint density at radius 2 is 1.93 bits per heavy atom. The highest BCUT2D eigenvalue weighted by molar-refractivity contribution is 5.77. The molecule has 0 fully saturated rings. The molecule has 0 aliphatic heterocycles. The summed E-state index contributed by atoms with van der Waals surface area (Å²) in [6.07, 6.45) is 0.941. The van der Waals surface area contributed by atoms with E-state index in [-0.39, 0.29) is 17.4 Å². The average Bonchev–Trinajstić information content (AvgIpc) is 2.13. The molecule has 14 heavy (non-hydrogen) atoms. The van der Waals surface area contributed by atoms with Gasteiger partial charge >= 0.3 is 0 Å². The lowest BCUT2D eigenvalue weighted by atomic mass is 10.1. The Bertz CT molecular complexity index is 188. The molecule has 0 radical (unpaired) electrons. The lowest BCUT2D eigenvalue weighted by Crippen LogP contribution is -2.36. The summed E-state index contributed by atoms with van der Waals surface area (Å²) < 4.78 is 5.62. The minimum absolute atomic E-state index is 0.0355. The number of amides is 1. The zero-order valence-corrected chi connectivity index (χ0v) is 10.3. The van der Waals surface area contributed by atoms with Crippen LogP contribution in [-0.2, 0) is 9.53 Å². The topological polar surface area (TPSA) is 29.5 Å². The van der Waals surface area contributed by atoms with Crippen molar-refractivity contribution in [1.29, 1.82) is 0 Å². The number of rotatable bonds is 5. The first-order valence-electron chi connectivity index (χ1n) is 5.19. The predicted molar refractivity (Wildman–Crippen MR) is 57.9 cm³/mol. The van der Waals surface area contributed by atoms with Crippen molar-refractivity contribution < 1.29 is 9.53 Å². The number of hydrogen-bond donors (Lipinski definition) is 0. The summed E-state index contributed by atoms with van der Waals surface area (Å²) in [4.78, 5) is 13.1. The molecule has 0 aromatic heterocycles. The number of nitrogens with zero attached hydrogens (tertiary/aromatic N) is 1. The van der Waals surface area contributed by atoms with E-state index < -0.39 is 0 Å². The highest BCUT2D eigenvalue weighted by Gasteiger charge is 2.19. The standard InChI is InChI=1S/C11H23NO2/c1-7-11(4,5)14-8-12(6)10(13)9(2)3/h9H,7-8H2,1-6H3. The minimum Gasteiger partial charge on any atom is -0.355 e. The zero-order valence-electron chi connectivity index (χ0n) is 10.3. The molecule has 0 bridgehead atoms. The van der Waals surface area contributed by atoms with Crippen LogP contribution in [0, 0.1) is 5.92 Å². The Balaban J connectivity index is 3.97. The van der Waals surface area contributed by atoms with Gasteiger partial charge in [-0.2, -0.15) is 0 Å². The van der Waals surface area contributed by atoms with E-state index in [0.29, 0.717) is 6.73 Å². The number of ether oxygens (including phenoxy) is 1. The summed E-state index contributed by atoms with van der Waals surface area (Å²) in [7, 11) is 1.77. The average molecular weight is 201 g/mol. The van der Waals surface area contributed by atoms with Crippen LogP contribution in [0.15, 0.2) is 0 Å². The smallest absolute Gasteiger partial charge is 0.226 e. The molecule has 3 nitrogen and oxygen atoms in total. The summed E-state index contributed by atoms with van der Waals surface area (Å²) in [5.41, 5.74) is -0.147. The van der Waals surface area contributed by atoms with Crippen molar-refractivity contribution in [3.05, 3.63) is 0 Å². The molecule has 0 aliphatic rings. The second-order valence-electron chi connectivity index (χ2n) is 4.58. The monoisotopic (exact) mass is 201 g/mol. The third-order valence-electron chi connectivity index (χ3n) is 2.37. The van der Waals surface area contributed by atoms with Gasteiger partial charge in [-0.3, -0.25) is 4.79 Å². The van der Waals surface area contributed by atoms with Gasteiger partial charge in [0.25, 0.3) is 0 Å². The van der Waals surface area contributed by atoms with Gasteiger partial charge in [-0.1, -0.05) is 20.8 Å². The Morgan fingerprint density at radius 1 is 1.43 bits per heavy atom. The molecule has 0 saturated heterocycles. The largest absolute Gasteiger partial charge is 0.355 e. The summed E-state index contributed by atoms with van der Waals surface area (Å²) in [6, 6.07) is 0. The number of carbonyl (C=O) groups is 1. The molecule has 0 heterocycles. The molecule has 0 spiro atoms. The van der Waals surface area contributed by atoms with Gasteiger partial charge in [0.05, 0.1) is 5.60 Å². The highest BCUT2D eigenvalue weighted by Crippen LogP contribution is 2.13. The van der Waals surface area contributed by atoms with Crippen LogP contribution in [0.2, 0.25) is 0 Å². The molecule has 0 atom stereocenters. The van der Waals surface area contributed by atoms with E-state index in [0.717, 1.165) is 6.42 Å². The quantitative estimate of drug-likeness (QED) is 0.639. The van der Waals surface area contributed by atoms with Gasteiger partial charge in [-0.05, 0) is 20.3 Å². The second-order valence-corrected chi connectivity index (χ2v) is 4.58. The van der Waals surface area contributed by atoms with Gasteiger partial charge in [0, 0.05) is 13.0 Å². The molecule has 0 aromatic carbocycles. The van der Waals surface area contributed by atoms with Crippen LogP contribution in [0.1, 0.15) is 41.0 Å². The first-order valence-corrected chi connectivity index (χ1v) is 5.19.